The number of hydrogen-bond acceptors (Lipinski definition) is 3. The van der Waals surface area contributed by atoms with Crippen LogP contribution >= 0.6 is 11.6 Å². The summed E-state index contributed by atoms with van der Waals surface area (Å²) in [6, 6.07) is 22.2. The lowest BCUT2D eigenvalue weighted by atomic mass is 9.74. The Bertz CT molecular complexity index is 1180. The molecule has 0 aliphatic carbocycles. The maximum absolute atomic E-state index is 14.8. The Morgan fingerprint density at radius 2 is 1.79 bits per heavy atom. The first-order valence-electron chi connectivity index (χ1n) is 11.1. The minimum atomic E-state index is -1.18. The number of rotatable bonds is 7. The van der Waals surface area contributed by atoms with Crippen molar-refractivity contribution >= 4 is 17.6 Å². The SMILES string of the molecule is C=C(C)[C@H]1C[C@H](c2cccc(Cl)c2)[C@H](c2ccccc2)O[C@@H]1c1cccc(F)c1OCC(=O)O. The Hall–Kier alpha value is -3.15. The molecule has 0 saturated carbocycles. The number of carboxylic acid groups (broad SMARTS) is 1. The van der Waals surface area contributed by atoms with Crippen molar-refractivity contribution < 1.29 is 23.8 Å². The standard InChI is InChI=1S/C28H26ClFO4/c1-17(2)22-15-23(19-10-6-11-20(29)14-19)26(18-8-4-3-5-9-18)34-27(22)21-12-7-13-24(30)28(21)33-16-25(31)32/h3-14,22-23,26-27H,1,15-16H2,2H3,(H,31,32)/t22-,23-,26+,27-/m1/s1. The Kier molecular flexibility index (Phi) is 7.35. The van der Waals surface area contributed by atoms with Crippen molar-refractivity contribution in [2.75, 3.05) is 6.61 Å². The van der Waals surface area contributed by atoms with Crippen LogP contribution in [0, 0.1) is 11.7 Å². The summed E-state index contributed by atoms with van der Waals surface area (Å²) in [5.41, 5.74) is 3.39. The quantitative estimate of drug-likeness (QED) is 0.366. The Balaban J connectivity index is 1.80. The van der Waals surface area contributed by atoms with E-state index in [1.54, 1.807) is 12.1 Å². The highest BCUT2D eigenvalue weighted by molar-refractivity contribution is 6.30. The van der Waals surface area contributed by atoms with Crippen LogP contribution in [-0.2, 0) is 9.53 Å². The van der Waals surface area contributed by atoms with Crippen molar-refractivity contribution in [3.8, 4) is 5.75 Å². The molecule has 34 heavy (non-hydrogen) atoms. The highest BCUT2D eigenvalue weighted by Gasteiger charge is 2.42. The van der Waals surface area contributed by atoms with Gasteiger partial charge in [-0.25, -0.2) is 9.18 Å². The molecule has 0 amide bonds. The molecule has 0 radical (unpaired) electrons. The molecule has 1 heterocycles. The van der Waals surface area contributed by atoms with Gasteiger partial charge in [0.1, 0.15) is 0 Å². The maximum Gasteiger partial charge on any atom is 0.341 e. The largest absolute Gasteiger partial charge is 0.479 e. The minimum Gasteiger partial charge on any atom is -0.479 e. The fraction of sp³-hybridized carbons (Fsp3) is 0.250. The summed E-state index contributed by atoms with van der Waals surface area (Å²) < 4.78 is 26.9. The first kappa shape index (κ1) is 24.0. The second-order valence-electron chi connectivity index (χ2n) is 8.58. The van der Waals surface area contributed by atoms with Gasteiger partial charge >= 0.3 is 5.97 Å². The average Bonchev–Trinajstić information content (AvgIpc) is 2.82. The van der Waals surface area contributed by atoms with E-state index in [9.17, 15) is 9.18 Å². The van der Waals surface area contributed by atoms with Crippen LogP contribution in [0.25, 0.3) is 0 Å². The predicted molar refractivity (Wildman–Crippen MR) is 130 cm³/mol. The fourth-order valence-corrected chi connectivity index (χ4v) is 4.85. The molecule has 4 atom stereocenters. The molecule has 1 fully saturated rings. The van der Waals surface area contributed by atoms with Crippen molar-refractivity contribution in [2.45, 2.75) is 31.5 Å². The van der Waals surface area contributed by atoms with Gasteiger partial charge in [-0.05, 0) is 42.7 Å². The van der Waals surface area contributed by atoms with Crippen molar-refractivity contribution in [1.29, 1.82) is 0 Å². The number of halogens is 2. The third kappa shape index (κ3) is 5.16. The van der Waals surface area contributed by atoms with Crippen LogP contribution in [0.3, 0.4) is 0 Å². The minimum absolute atomic E-state index is 0.0176. The smallest absolute Gasteiger partial charge is 0.341 e. The molecule has 4 nitrogen and oxygen atoms in total. The molecule has 6 heteroatoms. The van der Waals surface area contributed by atoms with E-state index < -0.39 is 24.5 Å². The Morgan fingerprint density at radius 3 is 2.47 bits per heavy atom. The Labute approximate surface area is 203 Å². The zero-order valence-electron chi connectivity index (χ0n) is 18.8. The molecule has 0 aromatic heterocycles. The summed E-state index contributed by atoms with van der Waals surface area (Å²) in [7, 11) is 0. The molecule has 1 aliphatic rings. The van der Waals surface area contributed by atoms with Crippen molar-refractivity contribution in [1.82, 2.24) is 0 Å². The average molecular weight is 481 g/mol. The van der Waals surface area contributed by atoms with E-state index in [0.717, 1.165) is 16.7 Å². The van der Waals surface area contributed by atoms with E-state index in [1.165, 1.54) is 6.07 Å². The molecule has 4 rings (SSSR count). The molecule has 1 aliphatic heterocycles. The van der Waals surface area contributed by atoms with E-state index in [1.807, 2.05) is 61.5 Å². The molecular formula is C28H26ClFO4. The zero-order valence-corrected chi connectivity index (χ0v) is 19.5. The van der Waals surface area contributed by atoms with Gasteiger partial charge in [0.2, 0.25) is 0 Å². The summed E-state index contributed by atoms with van der Waals surface area (Å²) in [5.74, 6) is -2.09. The number of carboxylic acids is 1. The molecular weight excluding hydrogens is 455 g/mol. The van der Waals surface area contributed by atoms with Gasteiger partial charge in [-0.1, -0.05) is 78.4 Å². The molecule has 3 aromatic carbocycles. The number of benzene rings is 3. The van der Waals surface area contributed by atoms with Crippen LogP contribution in [0.15, 0.2) is 84.9 Å². The van der Waals surface area contributed by atoms with Gasteiger partial charge in [0.15, 0.2) is 18.2 Å². The predicted octanol–water partition coefficient (Wildman–Crippen LogP) is 7.12. The van der Waals surface area contributed by atoms with Crippen molar-refractivity contribution in [2.24, 2.45) is 5.92 Å². The van der Waals surface area contributed by atoms with Gasteiger partial charge in [0.25, 0.3) is 0 Å². The van der Waals surface area contributed by atoms with Gasteiger partial charge in [-0.3, -0.25) is 0 Å². The van der Waals surface area contributed by atoms with E-state index in [0.29, 0.717) is 17.0 Å². The summed E-state index contributed by atoms with van der Waals surface area (Å²) in [5, 5.41) is 9.72. The zero-order chi connectivity index (χ0) is 24.2. The number of hydrogen-bond donors (Lipinski definition) is 1. The van der Waals surface area contributed by atoms with Crippen LogP contribution in [0.4, 0.5) is 4.39 Å². The molecule has 1 saturated heterocycles. The first-order chi connectivity index (χ1) is 16.3. The van der Waals surface area contributed by atoms with Crippen LogP contribution in [-0.4, -0.2) is 17.7 Å². The van der Waals surface area contributed by atoms with Gasteiger partial charge in [0, 0.05) is 22.4 Å². The lowest BCUT2D eigenvalue weighted by molar-refractivity contribution is -0.139. The van der Waals surface area contributed by atoms with E-state index >= 15 is 0 Å². The summed E-state index contributed by atoms with van der Waals surface area (Å²) in [4.78, 5) is 11.1. The van der Waals surface area contributed by atoms with Gasteiger partial charge in [-0.2, -0.15) is 0 Å². The fourth-order valence-electron chi connectivity index (χ4n) is 4.66. The van der Waals surface area contributed by atoms with E-state index in [-0.39, 0.29) is 23.7 Å². The summed E-state index contributed by atoms with van der Waals surface area (Å²) >= 11 is 6.32. The molecule has 0 unspecified atom stereocenters. The third-order valence-electron chi connectivity index (χ3n) is 6.21. The highest BCUT2D eigenvalue weighted by atomic mass is 35.5. The monoisotopic (exact) mass is 480 g/mol. The maximum atomic E-state index is 14.8. The Morgan fingerprint density at radius 1 is 1.09 bits per heavy atom. The second-order valence-corrected chi connectivity index (χ2v) is 9.02. The molecule has 0 bridgehead atoms. The number of para-hydroxylation sites is 1. The molecule has 3 aromatic rings. The van der Waals surface area contributed by atoms with Crippen LogP contribution in [0.5, 0.6) is 5.75 Å². The lowest BCUT2D eigenvalue weighted by Crippen LogP contribution is -2.32. The number of ether oxygens (including phenoxy) is 2. The second kappa shape index (κ2) is 10.4. The van der Waals surface area contributed by atoms with Crippen molar-refractivity contribution in [3.05, 3.63) is 112 Å². The lowest BCUT2D eigenvalue weighted by Gasteiger charge is -2.43. The van der Waals surface area contributed by atoms with Gasteiger partial charge < -0.3 is 14.6 Å². The van der Waals surface area contributed by atoms with Crippen molar-refractivity contribution in [3.63, 3.8) is 0 Å². The molecule has 0 spiro atoms. The molecule has 1 N–H and O–H groups in total. The van der Waals surface area contributed by atoms with E-state index in [2.05, 4.69) is 6.58 Å². The normalized spacial score (nSPS) is 22.2. The summed E-state index contributed by atoms with van der Waals surface area (Å²) in [6.07, 6.45) is -0.220. The van der Waals surface area contributed by atoms with Gasteiger partial charge in [0.05, 0.1) is 12.2 Å². The van der Waals surface area contributed by atoms with E-state index in [4.69, 9.17) is 26.2 Å². The number of carbonyl (C=O) groups is 1. The topological polar surface area (TPSA) is 55.8 Å². The highest BCUT2D eigenvalue weighted by Crippen LogP contribution is 2.53. The van der Waals surface area contributed by atoms with Crippen LogP contribution in [0.2, 0.25) is 5.02 Å². The number of aliphatic carboxylic acids is 1. The summed E-state index contributed by atoms with van der Waals surface area (Å²) in [6.45, 7) is 5.47. The third-order valence-corrected chi connectivity index (χ3v) is 6.45. The van der Waals surface area contributed by atoms with Gasteiger partial charge in [-0.15, -0.1) is 0 Å². The molecule has 176 valence electrons. The van der Waals surface area contributed by atoms with Crippen LogP contribution < -0.4 is 4.74 Å². The van der Waals surface area contributed by atoms with Crippen LogP contribution in [0.1, 0.15) is 48.2 Å². The first-order valence-corrected chi connectivity index (χ1v) is 11.5.